The average molecular weight is 273 g/mol. The maximum atomic E-state index is 12.5. The van der Waals surface area contributed by atoms with Crippen molar-refractivity contribution in [2.45, 2.75) is 11.4 Å². The van der Waals surface area contributed by atoms with Gasteiger partial charge in [-0.15, -0.1) is 0 Å². The summed E-state index contributed by atoms with van der Waals surface area (Å²) in [4.78, 5) is 5.97. The molecular formula is C10H19N5O2S. The fraction of sp³-hybridized carbons (Fsp3) is 0.700. The Kier molecular flexibility index (Phi) is 3.60. The normalized spacial score (nSPS) is 19.9. The van der Waals surface area contributed by atoms with Gasteiger partial charge in [0, 0.05) is 26.7 Å². The molecule has 0 amide bonds. The van der Waals surface area contributed by atoms with E-state index < -0.39 is 10.0 Å². The highest BCUT2D eigenvalue weighted by Crippen LogP contribution is 2.21. The van der Waals surface area contributed by atoms with Gasteiger partial charge >= 0.3 is 0 Å². The van der Waals surface area contributed by atoms with Crippen molar-refractivity contribution in [2.75, 3.05) is 39.0 Å². The Morgan fingerprint density at radius 1 is 1.22 bits per heavy atom. The molecular weight excluding hydrogens is 254 g/mol. The molecule has 1 aromatic heterocycles. The molecule has 1 aromatic rings. The van der Waals surface area contributed by atoms with Crippen LogP contribution in [0.25, 0.3) is 0 Å². The zero-order chi connectivity index (χ0) is 13.3. The van der Waals surface area contributed by atoms with Crippen LogP contribution in [0.1, 0.15) is 6.42 Å². The summed E-state index contributed by atoms with van der Waals surface area (Å²) < 4.78 is 28.0. The molecule has 1 saturated heterocycles. The zero-order valence-electron chi connectivity index (χ0n) is 10.7. The van der Waals surface area contributed by atoms with E-state index >= 15 is 0 Å². The number of rotatable bonds is 2. The van der Waals surface area contributed by atoms with E-state index in [0.29, 0.717) is 13.1 Å². The van der Waals surface area contributed by atoms with Crippen LogP contribution in [-0.4, -0.2) is 60.4 Å². The summed E-state index contributed by atoms with van der Waals surface area (Å²) in [6.45, 7) is 2.66. The van der Waals surface area contributed by atoms with Crippen LogP contribution in [0.4, 0.5) is 5.82 Å². The van der Waals surface area contributed by atoms with Gasteiger partial charge in [0.05, 0.1) is 6.33 Å². The number of hydrogen-bond acceptors (Lipinski definition) is 5. The van der Waals surface area contributed by atoms with Gasteiger partial charge in [-0.1, -0.05) is 0 Å². The minimum atomic E-state index is -3.54. The second-order valence-corrected chi connectivity index (χ2v) is 6.46. The number of imidazole rings is 1. The van der Waals surface area contributed by atoms with Crippen molar-refractivity contribution in [3.63, 3.8) is 0 Å². The Labute approximate surface area is 107 Å². The van der Waals surface area contributed by atoms with E-state index in [0.717, 1.165) is 19.5 Å². The van der Waals surface area contributed by atoms with E-state index in [9.17, 15) is 8.42 Å². The standard InChI is InChI=1S/C10H19N5O2S/c1-13-4-3-5-15(7-6-13)18(16,17)10-9(11)12-8-14(10)2/h8H,3-7,11H2,1-2H3. The van der Waals surface area contributed by atoms with Crippen molar-refractivity contribution in [3.05, 3.63) is 6.33 Å². The number of aryl methyl sites for hydroxylation is 1. The van der Waals surface area contributed by atoms with Crippen LogP contribution < -0.4 is 5.73 Å². The Hall–Kier alpha value is -1.12. The highest BCUT2D eigenvalue weighted by Gasteiger charge is 2.30. The van der Waals surface area contributed by atoms with Gasteiger partial charge in [-0.25, -0.2) is 13.4 Å². The molecule has 8 heteroatoms. The Balaban J connectivity index is 2.31. The first kappa shape index (κ1) is 13.3. The first-order chi connectivity index (χ1) is 8.43. The number of nitrogens with two attached hydrogens (primary N) is 1. The van der Waals surface area contributed by atoms with Gasteiger partial charge in [-0.3, -0.25) is 0 Å². The lowest BCUT2D eigenvalue weighted by Gasteiger charge is -2.20. The number of hydrogen-bond donors (Lipinski definition) is 1. The molecule has 0 aromatic carbocycles. The molecule has 0 unspecified atom stereocenters. The van der Waals surface area contributed by atoms with Crippen molar-refractivity contribution < 1.29 is 8.42 Å². The van der Waals surface area contributed by atoms with Gasteiger partial charge in [0.15, 0.2) is 10.8 Å². The summed E-state index contributed by atoms with van der Waals surface area (Å²) in [7, 11) is 0.0890. The lowest BCUT2D eigenvalue weighted by molar-refractivity contribution is 0.346. The number of anilines is 1. The predicted octanol–water partition coefficient (Wildman–Crippen LogP) is -0.671. The van der Waals surface area contributed by atoms with Crippen LogP contribution in [0.2, 0.25) is 0 Å². The molecule has 0 bridgehead atoms. The molecule has 102 valence electrons. The molecule has 1 fully saturated rings. The van der Waals surface area contributed by atoms with E-state index in [1.807, 2.05) is 7.05 Å². The van der Waals surface area contributed by atoms with Crippen molar-refractivity contribution in [3.8, 4) is 0 Å². The van der Waals surface area contributed by atoms with Crippen molar-refractivity contribution in [2.24, 2.45) is 7.05 Å². The minimum absolute atomic E-state index is 0.0649. The largest absolute Gasteiger partial charge is 0.381 e. The molecule has 1 aliphatic rings. The Morgan fingerprint density at radius 3 is 2.56 bits per heavy atom. The Morgan fingerprint density at radius 2 is 1.94 bits per heavy atom. The highest BCUT2D eigenvalue weighted by atomic mass is 32.2. The summed E-state index contributed by atoms with van der Waals surface area (Å²) >= 11 is 0. The maximum absolute atomic E-state index is 12.5. The number of likely N-dealkylation sites (N-methyl/N-ethyl adjacent to an activating group) is 1. The maximum Gasteiger partial charge on any atom is 0.262 e. The summed E-state index contributed by atoms with van der Waals surface area (Å²) in [6.07, 6.45) is 2.25. The summed E-state index contributed by atoms with van der Waals surface area (Å²) in [6, 6.07) is 0. The summed E-state index contributed by atoms with van der Waals surface area (Å²) in [5.74, 6) is 0.0649. The van der Waals surface area contributed by atoms with Gasteiger partial charge < -0.3 is 15.2 Å². The molecule has 2 N–H and O–H groups in total. The average Bonchev–Trinajstić information content (AvgIpc) is 2.51. The van der Waals surface area contributed by atoms with E-state index in [1.54, 1.807) is 7.05 Å². The van der Waals surface area contributed by atoms with Crippen molar-refractivity contribution in [1.29, 1.82) is 0 Å². The van der Waals surface area contributed by atoms with Gasteiger partial charge in [-0.2, -0.15) is 4.31 Å². The van der Waals surface area contributed by atoms with Crippen molar-refractivity contribution >= 4 is 15.8 Å². The molecule has 1 aliphatic heterocycles. The second-order valence-electron chi connectivity index (χ2n) is 4.61. The molecule has 7 nitrogen and oxygen atoms in total. The van der Waals surface area contributed by atoms with E-state index in [4.69, 9.17) is 5.73 Å². The third-order valence-electron chi connectivity index (χ3n) is 3.17. The lowest BCUT2D eigenvalue weighted by atomic mass is 10.4. The first-order valence-corrected chi connectivity index (χ1v) is 7.32. The summed E-state index contributed by atoms with van der Waals surface area (Å²) in [5, 5.41) is 0.0899. The zero-order valence-corrected chi connectivity index (χ0v) is 11.5. The van der Waals surface area contributed by atoms with Crippen LogP contribution in [0.5, 0.6) is 0 Å². The van der Waals surface area contributed by atoms with Crippen LogP contribution in [0.15, 0.2) is 11.4 Å². The smallest absolute Gasteiger partial charge is 0.262 e. The molecule has 2 heterocycles. The third-order valence-corrected chi connectivity index (χ3v) is 5.20. The topological polar surface area (TPSA) is 84.5 Å². The SMILES string of the molecule is CN1CCCN(S(=O)(=O)c2c(N)ncn2C)CC1. The van der Waals surface area contributed by atoms with Crippen LogP contribution in [0, 0.1) is 0 Å². The van der Waals surface area contributed by atoms with E-state index in [2.05, 4.69) is 9.88 Å². The van der Waals surface area contributed by atoms with Crippen molar-refractivity contribution in [1.82, 2.24) is 18.8 Å². The number of nitrogens with zero attached hydrogens (tertiary/aromatic N) is 4. The Bertz CT molecular complexity index is 505. The van der Waals surface area contributed by atoms with Gasteiger partial charge in [0.25, 0.3) is 10.0 Å². The predicted molar refractivity (Wildman–Crippen MR) is 68.5 cm³/mol. The fourth-order valence-electron chi connectivity index (χ4n) is 2.14. The second kappa shape index (κ2) is 4.87. The van der Waals surface area contributed by atoms with Crippen LogP contribution in [-0.2, 0) is 17.1 Å². The number of nitrogen functional groups attached to an aromatic ring is 1. The summed E-state index contributed by atoms with van der Waals surface area (Å²) in [5.41, 5.74) is 5.65. The number of sulfonamides is 1. The third kappa shape index (κ3) is 2.36. The first-order valence-electron chi connectivity index (χ1n) is 5.88. The van der Waals surface area contributed by atoms with Gasteiger partial charge in [-0.05, 0) is 20.0 Å². The van der Waals surface area contributed by atoms with E-state index in [1.165, 1.54) is 15.2 Å². The molecule has 0 radical (unpaired) electrons. The minimum Gasteiger partial charge on any atom is -0.381 e. The number of aromatic nitrogens is 2. The van der Waals surface area contributed by atoms with Crippen LogP contribution in [0.3, 0.4) is 0 Å². The molecule has 0 spiro atoms. The van der Waals surface area contributed by atoms with E-state index in [-0.39, 0.29) is 10.8 Å². The fourth-order valence-corrected chi connectivity index (χ4v) is 3.80. The highest BCUT2D eigenvalue weighted by molar-refractivity contribution is 7.89. The lowest BCUT2D eigenvalue weighted by Crippen LogP contribution is -2.35. The molecule has 18 heavy (non-hydrogen) atoms. The molecule has 0 aliphatic carbocycles. The monoisotopic (exact) mass is 273 g/mol. The van der Waals surface area contributed by atoms with Gasteiger partial charge in [0.2, 0.25) is 0 Å². The molecule has 0 atom stereocenters. The molecule has 0 saturated carbocycles. The van der Waals surface area contributed by atoms with Gasteiger partial charge in [0.1, 0.15) is 0 Å². The quantitative estimate of drug-likeness (QED) is 0.772. The molecule has 2 rings (SSSR count). The van der Waals surface area contributed by atoms with Crippen LogP contribution >= 0.6 is 0 Å².